The number of carbonyl (C=O) groups is 1. The summed E-state index contributed by atoms with van der Waals surface area (Å²) >= 11 is 3.49. The first kappa shape index (κ1) is 12.6. The second-order valence-corrected chi connectivity index (χ2v) is 5.60. The lowest BCUT2D eigenvalue weighted by Crippen LogP contribution is -2.29. The van der Waals surface area contributed by atoms with Crippen LogP contribution in [0.25, 0.3) is 10.9 Å². The van der Waals surface area contributed by atoms with Crippen LogP contribution >= 0.6 is 15.9 Å². The smallest absolute Gasteiger partial charge is 0.272 e. The number of aromatic nitrogens is 1. The molecule has 1 atom stereocenters. The molecule has 1 aliphatic heterocycles. The fraction of sp³-hybridized carbons (Fsp3) is 0.333. The molecule has 0 saturated carbocycles. The van der Waals surface area contributed by atoms with Crippen LogP contribution in [0.1, 0.15) is 16.9 Å². The average molecular weight is 319 g/mol. The Morgan fingerprint density at radius 1 is 1.32 bits per heavy atom. The van der Waals surface area contributed by atoms with Gasteiger partial charge in [-0.1, -0.05) is 40.2 Å². The van der Waals surface area contributed by atoms with Crippen molar-refractivity contribution in [1.29, 1.82) is 0 Å². The lowest BCUT2D eigenvalue weighted by Gasteiger charge is -2.15. The molecule has 0 spiro atoms. The van der Waals surface area contributed by atoms with Crippen LogP contribution in [0.3, 0.4) is 0 Å². The topological polar surface area (TPSA) is 33.2 Å². The average Bonchev–Trinajstić information content (AvgIpc) is 2.95. The van der Waals surface area contributed by atoms with Gasteiger partial charge in [0.05, 0.1) is 5.52 Å². The van der Waals surface area contributed by atoms with E-state index < -0.39 is 0 Å². The van der Waals surface area contributed by atoms with Gasteiger partial charge < -0.3 is 4.90 Å². The molecule has 0 aliphatic carbocycles. The number of halogens is 1. The highest BCUT2D eigenvalue weighted by atomic mass is 79.9. The van der Waals surface area contributed by atoms with Gasteiger partial charge in [-0.05, 0) is 24.5 Å². The normalized spacial score (nSPS) is 19.0. The van der Waals surface area contributed by atoms with E-state index in [9.17, 15) is 4.79 Å². The first-order chi connectivity index (χ1) is 9.28. The van der Waals surface area contributed by atoms with Crippen molar-refractivity contribution in [2.24, 2.45) is 5.92 Å². The lowest BCUT2D eigenvalue weighted by atomic mass is 10.2. The molecule has 1 aromatic heterocycles. The number of para-hydroxylation sites is 1. The Morgan fingerprint density at radius 3 is 2.95 bits per heavy atom. The highest BCUT2D eigenvalue weighted by Crippen LogP contribution is 2.20. The van der Waals surface area contributed by atoms with Crippen LogP contribution in [0.4, 0.5) is 0 Å². The number of likely N-dealkylation sites (tertiary alicyclic amines) is 1. The number of alkyl halides is 1. The van der Waals surface area contributed by atoms with E-state index in [0.717, 1.165) is 35.7 Å². The van der Waals surface area contributed by atoms with E-state index in [2.05, 4.69) is 20.9 Å². The molecule has 2 heterocycles. The van der Waals surface area contributed by atoms with Crippen LogP contribution < -0.4 is 0 Å². The molecular weight excluding hydrogens is 304 g/mol. The summed E-state index contributed by atoms with van der Waals surface area (Å²) in [7, 11) is 0. The Kier molecular flexibility index (Phi) is 3.51. The van der Waals surface area contributed by atoms with Crippen molar-refractivity contribution < 1.29 is 4.79 Å². The summed E-state index contributed by atoms with van der Waals surface area (Å²) in [5, 5.41) is 2.03. The van der Waals surface area contributed by atoms with Crippen LogP contribution in [0.2, 0.25) is 0 Å². The van der Waals surface area contributed by atoms with Crippen molar-refractivity contribution in [3.05, 3.63) is 42.1 Å². The molecule has 19 heavy (non-hydrogen) atoms. The molecule has 1 amide bonds. The zero-order valence-corrected chi connectivity index (χ0v) is 12.1. The predicted octanol–water partition coefficient (Wildman–Crippen LogP) is 3.09. The fourth-order valence-corrected chi connectivity index (χ4v) is 3.02. The molecule has 1 aromatic carbocycles. The van der Waals surface area contributed by atoms with E-state index in [0.29, 0.717) is 11.6 Å². The molecule has 0 N–H and O–H groups in total. The van der Waals surface area contributed by atoms with E-state index in [4.69, 9.17) is 0 Å². The molecule has 0 bridgehead atoms. The summed E-state index contributed by atoms with van der Waals surface area (Å²) in [4.78, 5) is 18.8. The highest BCUT2D eigenvalue weighted by Gasteiger charge is 2.26. The van der Waals surface area contributed by atoms with Gasteiger partial charge in [0.1, 0.15) is 5.69 Å². The Balaban J connectivity index is 1.85. The molecular formula is C15H15BrN2O. The Labute approximate surface area is 120 Å². The lowest BCUT2D eigenvalue weighted by molar-refractivity contribution is 0.0783. The number of carbonyl (C=O) groups excluding carboxylic acids is 1. The van der Waals surface area contributed by atoms with Crippen molar-refractivity contribution >= 4 is 32.7 Å². The molecule has 2 aromatic rings. The standard InChI is InChI=1S/C15H15BrN2O/c16-9-11-7-8-18(10-11)15(19)14-6-5-12-3-1-2-4-13(12)17-14/h1-6,11H,7-10H2. The Hall–Kier alpha value is -1.42. The largest absolute Gasteiger partial charge is 0.337 e. The van der Waals surface area contributed by atoms with Crippen LogP contribution in [-0.4, -0.2) is 34.2 Å². The summed E-state index contributed by atoms with van der Waals surface area (Å²) in [6, 6.07) is 11.7. The number of hydrogen-bond donors (Lipinski definition) is 0. The van der Waals surface area contributed by atoms with Gasteiger partial charge in [-0.3, -0.25) is 4.79 Å². The van der Waals surface area contributed by atoms with Crippen molar-refractivity contribution in [2.45, 2.75) is 6.42 Å². The summed E-state index contributed by atoms with van der Waals surface area (Å²) in [6.45, 7) is 1.67. The molecule has 1 unspecified atom stereocenters. The van der Waals surface area contributed by atoms with Gasteiger partial charge in [-0.15, -0.1) is 0 Å². The molecule has 3 nitrogen and oxygen atoms in total. The third-order valence-electron chi connectivity index (χ3n) is 3.61. The maximum absolute atomic E-state index is 12.4. The van der Waals surface area contributed by atoms with E-state index >= 15 is 0 Å². The van der Waals surface area contributed by atoms with Gasteiger partial charge in [-0.25, -0.2) is 4.98 Å². The number of hydrogen-bond acceptors (Lipinski definition) is 2. The van der Waals surface area contributed by atoms with Crippen LogP contribution in [-0.2, 0) is 0 Å². The Morgan fingerprint density at radius 2 is 2.16 bits per heavy atom. The monoisotopic (exact) mass is 318 g/mol. The number of benzene rings is 1. The maximum Gasteiger partial charge on any atom is 0.272 e. The van der Waals surface area contributed by atoms with Crippen LogP contribution in [0.15, 0.2) is 36.4 Å². The predicted molar refractivity (Wildman–Crippen MR) is 79.5 cm³/mol. The van der Waals surface area contributed by atoms with Gasteiger partial charge in [0, 0.05) is 23.8 Å². The second kappa shape index (κ2) is 5.29. The van der Waals surface area contributed by atoms with Gasteiger partial charge in [0.2, 0.25) is 0 Å². The van der Waals surface area contributed by atoms with E-state index in [1.807, 2.05) is 41.3 Å². The molecule has 3 rings (SSSR count). The molecule has 98 valence electrons. The van der Waals surface area contributed by atoms with Crippen molar-refractivity contribution in [1.82, 2.24) is 9.88 Å². The first-order valence-corrected chi connectivity index (χ1v) is 7.61. The molecule has 0 radical (unpaired) electrons. The number of pyridine rings is 1. The fourth-order valence-electron chi connectivity index (χ4n) is 2.49. The third kappa shape index (κ3) is 2.50. The zero-order chi connectivity index (χ0) is 13.2. The van der Waals surface area contributed by atoms with Gasteiger partial charge >= 0.3 is 0 Å². The van der Waals surface area contributed by atoms with E-state index in [1.54, 1.807) is 0 Å². The minimum atomic E-state index is 0.0502. The number of fused-ring (bicyclic) bond motifs is 1. The maximum atomic E-state index is 12.4. The summed E-state index contributed by atoms with van der Waals surface area (Å²) < 4.78 is 0. The zero-order valence-electron chi connectivity index (χ0n) is 10.6. The number of nitrogens with zero attached hydrogens (tertiary/aromatic N) is 2. The summed E-state index contributed by atoms with van der Waals surface area (Å²) in [6.07, 6.45) is 1.07. The van der Waals surface area contributed by atoms with Gasteiger partial charge in [0.15, 0.2) is 0 Å². The van der Waals surface area contributed by atoms with Gasteiger partial charge in [0.25, 0.3) is 5.91 Å². The summed E-state index contributed by atoms with van der Waals surface area (Å²) in [5.41, 5.74) is 1.43. The second-order valence-electron chi connectivity index (χ2n) is 4.95. The van der Waals surface area contributed by atoms with Crippen molar-refractivity contribution in [3.63, 3.8) is 0 Å². The van der Waals surface area contributed by atoms with E-state index in [-0.39, 0.29) is 5.91 Å². The van der Waals surface area contributed by atoms with E-state index in [1.165, 1.54) is 0 Å². The molecule has 1 saturated heterocycles. The quantitative estimate of drug-likeness (QED) is 0.797. The van der Waals surface area contributed by atoms with Crippen LogP contribution in [0.5, 0.6) is 0 Å². The highest BCUT2D eigenvalue weighted by molar-refractivity contribution is 9.09. The SMILES string of the molecule is O=C(c1ccc2ccccc2n1)N1CCC(CBr)C1. The molecule has 4 heteroatoms. The Bertz CT molecular complexity index is 614. The minimum absolute atomic E-state index is 0.0502. The molecule has 1 aliphatic rings. The molecule has 1 fully saturated rings. The third-order valence-corrected chi connectivity index (χ3v) is 4.52. The number of rotatable bonds is 2. The van der Waals surface area contributed by atoms with Crippen molar-refractivity contribution in [3.8, 4) is 0 Å². The van der Waals surface area contributed by atoms with Crippen LogP contribution in [0, 0.1) is 5.92 Å². The van der Waals surface area contributed by atoms with Gasteiger partial charge in [-0.2, -0.15) is 0 Å². The minimum Gasteiger partial charge on any atom is -0.337 e. The summed E-state index contributed by atoms with van der Waals surface area (Å²) in [5.74, 6) is 0.624. The number of amides is 1. The van der Waals surface area contributed by atoms with Crippen molar-refractivity contribution in [2.75, 3.05) is 18.4 Å². The first-order valence-electron chi connectivity index (χ1n) is 6.49.